The van der Waals surface area contributed by atoms with Crippen molar-refractivity contribution in [3.05, 3.63) is 29.8 Å². The van der Waals surface area contributed by atoms with Gasteiger partial charge in [-0.1, -0.05) is 0 Å². The Balaban J connectivity index is 2.32. The van der Waals surface area contributed by atoms with Crippen molar-refractivity contribution >= 4 is 21.6 Å². The van der Waals surface area contributed by atoms with Crippen LogP contribution in [0.25, 0.3) is 0 Å². The number of carbonyl (C=O) groups excluding carboxylic acids is 1. The second-order valence-corrected chi connectivity index (χ2v) is 5.67. The van der Waals surface area contributed by atoms with Crippen LogP contribution < -0.4 is 10.0 Å². The van der Waals surface area contributed by atoms with E-state index < -0.39 is 15.9 Å². The lowest BCUT2D eigenvalue weighted by molar-refractivity contribution is 0.100. The largest absolute Gasteiger partial charge is 0.366 e. The van der Waals surface area contributed by atoms with Crippen molar-refractivity contribution < 1.29 is 13.2 Å². The SMILES string of the molecule is NC(=O)c1ccc(N2CCCS2(=O)=O)cc1. The first-order valence-electron chi connectivity index (χ1n) is 4.91. The molecule has 2 N–H and O–H groups in total. The van der Waals surface area contributed by atoms with Gasteiger partial charge < -0.3 is 5.73 Å². The van der Waals surface area contributed by atoms with Gasteiger partial charge in [0, 0.05) is 12.1 Å². The molecule has 1 aliphatic heterocycles. The molecule has 1 amide bonds. The van der Waals surface area contributed by atoms with Crippen molar-refractivity contribution in [3.63, 3.8) is 0 Å². The third-order valence-electron chi connectivity index (χ3n) is 2.54. The summed E-state index contributed by atoms with van der Waals surface area (Å²) in [5.41, 5.74) is 6.06. The Morgan fingerprint density at radius 2 is 1.88 bits per heavy atom. The highest BCUT2D eigenvalue weighted by atomic mass is 32.2. The molecule has 0 unspecified atom stereocenters. The van der Waals surface area contributed by atoms with Gasteiger partial charge in [0.25, 0.3) is 0 Å². The molecule has 0 spiro atoms. The van der Waals surface area contributed by atoms with Crippen LogP contribution in [0.4, 0.5) is 5.69 Å². The van der Waals surface area contributed by atoms with Gasteiger partial charge in [0.05, 0.1) is 11.4 Å². The highest BCUT2D eigenvalue weighted by molar-refractivity contribution is 7.93. The number of rotatable bonds is 2. The van der Waals surface area contributed by atoms with Crippen molar-refractivity contribution in [2.24, 2.45) is 5.73 Å². The Kier molecular flexibility index (Phi) is 2.59. The Morgan fingerprint density at radius 3 is 2.31 bits per heavy atom. The fourth-order valence-corrected chi connectivity index (χ4v) is 3.29. The Hall–Kier alpha value is -1.56. The molecule has 1 saturated heterocycles. The fourth-order valence-electron chi connectivity index (χ4n) is 1.72. The van der Waals surface area contributed by atoms with E-state index in [9.17, 15) is 13.2 Å². The molecule has 86 valence electrons. The highest BCUT2D eigenvalue weighted by Crippen LogP contribution is 2.23. The standard InChI is InChI=1S/C10H12N2O3S/c11-10(13)8-2-4-9(5-3-8)12-6-1-7-16(12,14)15/h2-5H,1,6-7H2,(H2,11,13). The Bertz CT molecular complexity index is 507. The first-order valence-corrected chi connectivity index (χ1v) is 6.52. The number of nitrogens with two attached hydrogens (primary N) is 1. The lowest BCUT2D eigenvalue weighted by atomic mass is 10.2. The van der Waals surface area contributed by atoms with Gasteiger partial charge in [-0.25, -0.2) is 8.42 Å². The van der Waals surface area contributed by atoms with Gasteiger partial charge in [0.15, 0.2) is 0 Å². The van der Waals surface area contributed by atoms with Gasteiger partial charge in [0.1, 0.15) is 0 Å². The predicted molar refractivity (Wildman–Crippen MR) is 60.7 cm³/mol. The van der Waals surface area contributed by atoms with Crippen LogP contribution in [-0.4, -0.2) is 26.6 Å². The van der Waals surface area contributed by atoms with Crippen LogP contribution in [0, 0.1) is 0 Å². The average molecular weight is 240 g/mol. The van der Waals surface area contributed by atoms with Crippen LogP contribution in [-0.2, 0) is 10.0 Å². The van der Waals surface area contributed by atoms with Crippen LogP contribution >= 0.6 is 0 Å². The number of carbonyl (C=O) groups is 1. The zero-order valence-corrected chi connectivity index (χ0v) is 9.40. The quantitative estimate of drug-likeness (QED) is 0.808. The minimum atomic E-state index is -3.16. The number of amides is 1. The maximum Gasteiger partial charge on any atom is 0.248 e. The monoisotopic (exact) mass is 240 g/mol. The normalized spacial score (nSPS) is 18.6. The molecular formula is C10H12N2O3S. The van der Waals surface area contributed by atoms with E-state index in [1.807, 2.05) is 0 Å². The first kappa shape index (κ1) is 10.9. The van der Waals surface area contributed by atoms with E-state index >= 15 is 0 Å². The van der Waals surface area contributed by atoms with Crippen molar-refractivity contribution in [2.75, 3.05) is 16.6 Å². The molecule has 5 nitrogen and oxygen atoms in total. The first-order chi connectivity index (χ1) is 7.50. The zero-order chi connectivity index (χ0) is 11.8. The number of anilines is 1. The van der Waals surface area contributed by atoms with Crippen LogP contribution in [0.15, 0.2) is 24.3 Å². The van der Waals surface area contributed by atoms with Crippen LogP contribution in [0.1, 0.15) is 16.8 Å². The minimum Gasteiger partial charge on any atom is -0.366 e. The van der Waals surface area contributed by atoms with E-state index in [-0.39, 0.29) is 5.75 Å². The second kappa shape index (κ2) is 3.79. The smallest absolute Gasteiger partial charge is 0.248 e. The maximum atomic E-state index is 11.6. The summed E-state index contributed by atoms with van der Waals surface area (Å²) in [5.74, 6) is -0.333. The average Bonchev–Trinajstić information content (AvgIpc) is 2.58. The lowest BCUT2D eigenvalue weighted by Gasteiger charge is -2.16. The molecule has 0 atom stereocenters. The van der Waals surface area contributed by atoms with Gasteiger partial charge in [-0.05, 0) is 30.7 Å². The van der Waals surface area contributed by atoms with E-state index in [1.54, 1.807) is 12.1 Å². The lowest BCUT2D eigenvalue weighted by Crippen LogP contribution is -2.25. The third kappa shape index (κ3) is 1.88. The summed E-state index contributed by atoms with van der Waals surface area (Å²) in [7, 11) is -3.16. The highest BCUT2D eigenvalue weighted by Gasteiger charge is 2.28. The van der Waals surface area contributed by atoms with Crippen LogP contribution in [0.2, 0.25) is 0 Å². The molecule has 0 bridgehead atoms. The molecule has 0 saturated carbocycles. The summed E-state index contributed by atoms with van der Waals surface area (Å²) in [5, 5.41) is 0. The molecule has 6 heteroatoms. The molecule has 0 radical (unpaired) electrons. The molecule has 1 aromatic carbocycles. The number of hydrogen-bond acceptors (Lipinski definition) is 3. The van der Waals surface area contributed by atoms with E-state index in [4.69, 9.17) is 5.73 Å². The molecule has 1 heterocycles. The topological polar surface area (TPSA) is 80.5 Å². The molecule has 1 aromatic rings. The number of sulfonamides is 1. The van der Waals surface area contributed by atoms with Gasteiger partial charge in [-0.2, -0.15) is 0 Å². The summed E-state index contributed by atoms with van der Waals surface area (Å²) in [6, 6.07) is 6.27. The number of primary amides is 1. The molecule has 16 heavy (non-hydrogen) atoms. The van der Waals surface area contributed by atoms with Crippen molar-refractivity contribution in [1.29, 1.82) is 0 Å². The van der Waals surface area contributed by atoms with Gasteiger partial charge in [-0.3, -0.25) is 9.10 Å². The zero-order valence-electron chi connectivity index (χ0n) is 8.59. The van der Waals surface area contributed by atoms with E-state index in [0.717, 1.165) is 0 Å². The molecule has 1 aliphatic rings. The summed E-state index contributed by atoms with van der Waals surface area (Å²) < 4.78 is 24.6. The Morgan fingerprint density at radius 1 is 1.25 bits per heavy atom. The van der Waals surface area contributed by atoms with E-state index in [0.29, 0.717) is 24.2 Å². The molecule has 2 rings (SSSR count). The number of benzene rings is 1. The van der Waals surface area contributed by atoms with Crippen LogP contribution in [0.5, 0.6) is 0 Å². The summed E-state index contributed by atoms with van der Waals surface area (Å²) in [6.45, 7) is 0.498. The van der Waals surface area contributed by atoms with E-state index in [2.05, 4.69) is 0 Å². The summed E-state index contributed by atoms with van der Waals surface area (Å²) in [4.78, 5) is 10.9. The minimum absolute atomic E-state index is 0.185. The Labute approximate surface area is 93.9 Å². The van der Waals surface area contributed by atoms with Crippen molar-refractivity contribution in [2.45, 2.75) is 6.42 Å². The van der Waals surface area contributed by atoms with Crippen LogP contribution in [0.3, 0.4) is 0 Å². The van der Waals surface area contributed by atoms with Gasteiger partial charge in [0.2, 0.25) is 15.9 Å². The third-order valence-corrected chi connectivity index (χ3v) is 4.41. The number of nitrogens with zero attached hydrogens (tertiary/aromatic N) is 1. The molecule has 1 fully saturated rings. The summed E-state index contributed by atoms with van der Waals surface area (Å²) in [6.07, 6.45) is 0.639. The second-order valence-electron chi connectivity index (χ2n) is 3.65. The molecular weight excluding hydrogens is 228 g/mol. The maximum absolute atomic E-state index is 11.6. The predicted octanol–water partition coefficient (Wildman–Crippen LogP) is 0.325. The van der Waals surface area contributed by atoms with E-state index in [1.165, 1.54) is 16.4 Å². The molecule has 0 aromatic heterocycles. The fraction of sp³-hybridized carbons (Fsp3) is 0.300. The van der Waals surface area contributed by atoms with Gasteiger partial charge in [-0.15, -0.1) is 0 Å². The summed E-state index contributed by atoms with van der Waals surface area (Å²) >= 11 is 0. The van der Waals surface area contributed by atoms with Gasteiger partial charge >= 0.3 is 0 Å². The van der Waals surface area contributed by atoms with Crippen molar-refractivity contribution in [3.8, 4) is 0 Å². The van der Waals surface area contributed by atoms with Crippen molar-refractivity contribution in [1.82, 2.24) is 0 Å². The molecule has 0 aliphatic carbocycles. The number of hydrogen-bond donors (Lipinski definition) is 1.